The summed E-state index contributed by atoms with van der Waals surface area (Å²) in [5.74, 6) is 0.518. The zero-order chi connectivity index (χ0) is 23.4. The molecule has 1 aromatic heterocycles. The summed E-state index contributed by atoms with van der Waals surface area (Å²) in [6.07, 6.45) is 8.09. The van der Waals surface area contributed by atoms with Crippen LogP contribution in [0.15, 0.2) is 121 Å². The lowest BCUT2D eigenvalue weighted by atomic mass is 9.98. The lowest BCUT2D eigenvalue weighted by Gasteiger charge is -2.30. The van der Waals surface area contributed by atoms with E-state index in [-0.39, 0.29) is 0 Å². The summed E-state index contributed by atoms with van der Waals surface area (Å²) in [7, 11) is 0. The molecule has 0 saturated carbocycles. The summed E-state index contributed by atoms with van der Waals surface area (Å²) >= 11 is 1.91. The molecule has 0 amide bonds. The first-order valence-electron chi connectivity index (χ1n) is 12.3. The van der Waals surface area contributed by atoms with Gasteiger partial charge in [-0.05, 0) is 59.5 Å². The van der Waals surface area contributed by atoms with Crippen LogP contribution in [0.2, 0.25) is 0 Å². The molecule has 0 radical (unpaired) electrons. The first-order valence-corrected chi connectivity index (χ1v) is 13.1. The summed E-state index contributed by atoms with van der Waals surface area (Å²) in [6.45, 7) is 2.30. The van der Waals surface area contributed by atoms with Crippen molar-refractivity contribution in [3.8, 4) is 0 Å². The third-order valence-electron chi connectivity index (χ3n) is 7.09. The van der Waals surface area contributed by atoms with Gasteiger partial charge in [-0.25, -0.2) is 0 Å². The van der Waals surface area contributed by atoms with E-state index in [1.165, 1.54) is 58.8 Å². The number of thiophene rings is 1. The van der Waals surface area contributed by atoms with E-state index in [0.717, 1.165) is 6.42 Å². The van der Waals surface area contributed by atoms with Crippen LogP contribution in [0.25, 0.3) is 41.7 Å². The summed E-state index contributed by atoms with van der Waals surface area (Å²) in [5.41, 5.74) is 3.66. The number of fused-ring (bicyclic) bond motifs is 6. The second-order valence-electron chi connectivity index (χ2n) is 9.49. The number of rotatable bonds is 3. The van der Waals surface area contributed by atoms with Crippen molar-refractivity contribution in [2.24, 2.45) is 5.92 Å². The monoisotopic (exact) mass is 467 g/mol. The Bertz CT molecular complexity index is 1790. The average molecular weight is 468 g/mol. The van der Waals surface area contributed by atoms with Gasteiger partial charge < -0.3 is 4.90 Å². The molecule has 0 saturated heterocycles. The lowest BCUT2D eigenvalue weighted by Crippen LogP contribution is -2.17. The minimum absolute atomic E-state index is 0.518. The maximum Gasteiger partial charge on any atom is 0.0547 e. The summed E-state index contributed by atoms with van der Waals surface area (Å²) in [5, 5.41) is 7.87. The van der Waals surface area contributed by atoms with Gasteiger partial charge in [0.2, 0.25) is 0 Å². The normalized spacial score (nSPS) is 15.8. The van der Waals surface area contributed by atoms with Crippen molar-refractivity contribution in [2.75, 3.05) is 4.90 Å². The Morgan fingerprint density at radius 3 is 2.23 bits per heavy atom. The van der Waals surface area contributed by atoms with Crippen molar-refractivity contribution in [2.45, 2.75) is 13.3 Å². The highest BCUT2D eigenvalue weighted by Gasteiger charge is 2.21. The van der Waals surface area contributed by atoms with Crippen molar-refractivity contribution in [3.63, 3.8) is 0 Å². The maximum atomic E-state index is 2.44. The molecule has 2 heteroatoms. The van der Waals surface area contributed by atoms with Crippen molar-refractivity contribution >= 4 is 64.4 Å². The van der Waals surface area contributed by atoms with Crippen LogP contribution in [0.1, 0.15) is 13.3 Å². The number of allylic oxidation sites excluding steroid dienone is 3. The second-order valence-corrected chi connectivity index (χ2v) is 10.5. The van der Waals surface area contributed by atoms with Gasteiger partial charge in [0.1, 0.15) is 0 Å². The molecule has 1 atom stereocenters. The number of nitrogens with zero attached hydrogens (tertiary/aromatic N) is 1. The van der Waals surface area contributed by atoms with Gasteiger partial charge in [-0.1, -0.05) is 85.8 Å². The third kappa shape index (κ3) is 3.37. The van der Waals surface area contributed by atoms with Gasteiger partial charge in [-0.3, -0.25) is 0 Å². The number of hydrogen-bond donors (Lipinski definition) is 0. The van der Waals surface area contributed by atoms with Gasteiger partial charge in [-0.2, -0.15) is 0 Å². The van der Waals surface area contributed by atoms with E-state index >= 15 is 0 Å². The average Bonchev–Trinajstić information content (AvgIpc) is 3.26. The zero-order valence-corrected chi connectivity index (χ0v) is 20.4. The lowest BCUT2D eigenvalue weighted by molar-refractivity contribution is 0.726. The molecule has 35 heavy (non-hydrogen) atoms. The van der Waals surface area contributed by atoms with Crippen molar-refractivity contribution in [1.29, 1.82) is 0 Å². The van der Waals surface area contributed by atoms with Crippen LogP contribution in [0, 0.1) is 5.92 Å². The molecule has 1 nitrogen and oxygen atoms in total. The Morgan fingerprint density at radius 2 is 1.43 bits per heavy atom. The smallest absolute Gasteiger partial charge is 0.0547 e. The minimum Gasteiger partial charge on any atom is -0.310 e. The Hall–Kier alpha value is -3.88. The molecule has 1 unspecified atom stereocenters. The van der Waals surface area contributed by atoms with Gasteiger partial charge in [0, 0.05) is 42.3 Å². The third-order valence-corrected chi connectivity index (χ3v) is 8.29. The van der Waals surface area contributed by atoms with Crippen LogP contribution in [0.3, 0.4) is 0 Å². The van der Waals surface area contributed by atoms with Crippen LogP contribution in [0.5, 0.6) is 0 Å². The van der Waals surface area contributed by atoms with E-state index in [9.17, 15) is 0 Å². The number of anilines is 2. The molecule has 0 spiro atoms. The van der Waals surface area contributed by atoms with Crippen molar-refractivity contribution < 1.29 is 0 Å². The summed E-state index contributed by atoms with van der Waals surface area (Å²) in [6, 6.07) is 35.5. The van der Waals surface area contributed by atoms with Crippen molar-refractivity contribution in [1.82, 2.24) is 0 Å². The van der Waals surface area contributed by atoms with Crippen LogP contribution in [-0.2, 0) is 0 Å². The van der Waals surface area contributed by atoms with Crippen LogP contribution in [0.4, 0.5) is 11.4 Å². The standard InChI is InChI=1S/C33H25NS/c1-22-10-9-15-26(18-22)34(25-13-3-2-4-14-25)31-21-30-29-19-23-11-5-6-12-24(23)20-32(29)35-33(30)28-17-8-7-16-27(28)31/h2-9,11-22H,10H2,1H3. The van der Waals surface area contributed by atoms with Gasteiger partial charge in [0.25, 0.3) is 0 Å². The van der Waals surface area contributed by atoms with Gasteiger partial charge >= 0.3 is 0 Å². The van der Waals surface area contributed by atoms with E-state index in [1.807, 2.05) is 11.3 Å². The Balaban J connectivity index is 1.59. The zero-order valence-electron chi connectivity index (χ0n) is 19.6. The maximum absolute atomic E-state index is 2.44. The molecule has 1 aliphatic rings. The molecular formula is C33H25NS. The first kappa shape index (κ1) is 20.5. The fourth-order valence-corrected chi connectivity index (χ4v) is 6.67. The Morgan fingerprint density at radius 1 is 0.714 bits per heavy atom. The molecular weight excluding hydrogens is 442 g/mol. The molecule has 0 fully saturated rings. The summed E-state index contributed by atoms with van der Waals surface area (Å²) < 4.78 is 2.71. The second kappa shape index (κ2) is 8.11. The Labute approximate surface area is 209 Å². The van der Waals surface area contributed by atoms with Gasteiger partial charge in [0.05, 0.1) is 5.69 Å². The quantitative estimate of drug-likeness (QED) is 0.250. The molecule has 1 heterocycles. The SMILES string of the molecule is CC1C=C(N(c2ccccc2)c2cc3c4cc5ccccc5cc4sc3c3ccccc23)C=CC1. The minimum atomic E-state index is 0.518. The highest BCUT2D eigenvalue weighted by Crippen LogP contribution is 2.46. The number of benzene rings is 5. The van der Waals surface area contributed by atoms with E-state index in [1.54, 1.807) is 0 Å². The van der Waals surface area contributed by atoms with E-state index in [0.29, 0.717) is 5.92 Å². The molecule has 0 N–H and O–H groups in total. The van der Waals surface area contributed by atoms with Crippen LogP contribution in [-0.4, -0.2) is 0 Å². The van der Waals surface area contributed by atoms with E-state index < -0.39 is 0 Å². The summed E-state index contributed by atoms with van der Waals surface area (Å²) in [4.78, 5) is 2.44. The van der Waals surface area contributed by atoms with Crippen LogP contribution >= 0.6 is 11.3 Å². The molecule has 0 aliphatic heterocycles. The highest BCUT2D eigenvalue weighted by molar-refractivity contribution is 7.26. The predicted octanol–water partition coefficient (Wildman–Crippen LogP) is 9.98. The van der Waals surface area contributed by atoms with E-state index in [4.69, 9.17) is 0 Å². The molecule has 7 rings (SSSR count). The number of para-hydroxylation sites is 1. The highest BCUT2D eigenvalue weighted by atomic mass is 32.1. The topological polar surface area (TPSA) is 3.24 Å². The molecule has 5 aromatic carbocycles. The fraction of sp³-hybridized carbons (Fsp3) is 0.0909. The molecule has 168 valence electrons. The van der Waals surface area contributed by atoms with Crippen LogP contribution < -0.4 is 4.90 Å². The van der Waals surface area contributed by atoms with Gasteiger partial charge in [0.15, 0.2) is 0 Å². The fourth-order valence-electron chi connectivity index (χ4n) is 5.42. The molecule has 1 aliphatic carbocycles. The van der Waals surface area contributed by atoms with Crippen molar-refractivity contribution in [3.05, 3.63) is 121 Å². The Kier molecular flexibility index (Phi) is 4.75. The molecule has 0 bridgehead atoms. The largest absolute Gasteiger partial charge is 0.310 e. The molecule has 6 aromatic rings. The predicted molar refractivity (Wildman–Crippen MR) is 154 cm³/mol. The number of hydrogen-bond acceptors (Lipinski definition) is 2. The van der Waals surface area contributed by atoms with Gasteiger partial charge in [-0.15, -0.1) is 11.3 Å². The first-order chi connectivity index (χ1) is 17.3. The van der Waals surface area contributed by atoms with E-state index in [2.05, 4.69) is 127 Å².